The van der Waals surface area contributed by atoms with E-state index in [9.17, 15) is 0 Å². The lowest BCUT2D eigenvalue weighted by Gasteiger charge is -2.17. The maximum Gasteiger partial charge on any atom is 0.134 e. The summed E-state index contributed by atoms with van der Waals surface area (Å²) in [5.41, 5.74) is 1.10. The van der Waals surface area contributed by atoms with Gasteiger partial charge in [-0.25, -0.2) is 9.97 Å². The Morgan fingerprint density at radius 3 is 2.38 bits per heavy atom. The molecule has 1 aromatic heterocycles. The first-order valence-electron chi connectivity index (χ1n) is 5.91. The van der Waals surface area contributed by atoms with Crippen molar-refractivity contribution < 1.29 is 0 Å². The number of aryl methyl sites for hydroxylation is 1. The molecule has 0 aromatic carbocycles. The van der Waals surface area contributed by atoms with Crippen molar-refractivity contribution in [2.75, 3.05) is 17.7 Å². The zero-order valence-corrected chi connectivity index (χ0v) is 10.5. The van der Waals surface area contributed by atoms with Crippen molar-refractivity contribution in [2.24, 2.45) is 5.92 Å². The molecule has 0 saturated heterocycles. The molecule has 88 valence electrons. The fourth-order valence-corrected chi connectivity index (χ4v) is 1.94. The van der Waals surface area contributed by atoms with Gasteiger partial charge in [0.1, 0.15) is 17.5 Å². The zero-order valence-electron chi connectivity index (χ0n) is 10.5. The van der Waals surface area contributed by atoms with Crippen molar-refractivity contribution in [3.63, 3.8) is 0 Å². The van der Waals surface area contributed by atoms with Gasteiger partial charge in [0.05, 0.1) is 0 Å². The molecule has 1 unspecified atom stereocenters. The van der Waals surface area contributed by atoms with Gasteiger partial charge in [0.25, 0.3) is 0 Å². The SMILES string of the molecule is CNc1nc(C)nc(NC(C)C2CC2)c1C. The summed E-state index contributed by atoms with van der Waals surface area (Å²) in [5, 5.41) is 6.60. The molecule has 1 aliphatic carbocycles. The van der Waals surface area contributed by atoms with Crippen LogP contribution in [0.5, 0.6) is 0 Å². The minimum atomic E-state index is 0.512. The molecular weight excluding hydrogens is 200 g/mol. The summed E-state index contributed by atoms with van der Waals surface area (Å²) in [6.07, 6.45) is 2.69. The molecule has 1 heterocycles. The third-order valence-corrected chi connectivity index (χ3v) is 3.19. The molecule has 16 heavy (non-hydrogen) atoms. The summed E-state index contributed by atoms with van der Waals surface area (Å²) >= 11 is 0. The van der Waals surface area contributed by atoms with Crippen molar-refractivity contribution in [1.29, 1.82) is 0 Å². The molecule has 1 fully saturated rings. The monoisotopic (exact) mass is 220 g/mol. The third-order valence-electron chi connectivity index (χ3n) is 3.19. The van der Waals surface area contributed by atoms with Crippen LogP contribution in [0.4, 0.5) is 11.6 Å². The summed E-state index contributed by atoms with van der Waals surface area (Å²) in [4.78, 5) is 8.83. The first kappa shape index (κ1) is 11.2. The fourth-order valence-electron chi connectivity index (χ4n) is 1.94. The minimum absolute atomic E-state index is 0.512. The van der Waals surface area contributed by atoms with Gasteiger partial charge >= 0.3 is 0 Å². The number of hydrogen-bond donors (Lipinski definition) is 2. The van der Waals surface area contributed by atoms with Crippen molar-refractivity contribution in [3.05, 3.63) is 11.4 Å². The third kappa shape index (κ3) is 2.26. The van der Waals surface area contributed by atoms with Crippen LogP contribution in [-0.4, -0.2) is 23.1 Å². The molecule has 0 spiro atoms. The van der Waals surface area contributed by atoms with Crippen LogP contribution in [0.3, 0.4) is 0 Å². The zero-order chi connectivity index (χ0) is 11.7. The molecule has 4 nitrogen and oxygen atoms in total. The van der Waals surface area contributed by atoms with Crippen LogP contribution in [-0.2, 0) is 0 Å². The molecule has 2 rings (SSSR count). The lowest BCUT2D eigenvalue weighted by Crippen LogP contribution is -2.20. The van der Waals surface area contributed by atoms with Crippen molar-refractivity contribution in [2.45, 2.75) is 39.7 Å². The average molecular weight is 220 g/mol. The van der Waals surface area contributed by atoms with Gasteiger partial charge in [0.2, 0.25) is 0 Å². The second-order valence-corrected chi connectivity index (χ2v) is 4.61. The first-order valence-corrected chi connectivity index (χ1v) is 5.91. The predicted octanol–water partition coefficient (Wildman–Crippen LogP) is 2.35. The maximum atomic E-state index is 4.47. The molecule has 1 aromatic rings. The van der Waals surface area contributed by atoms with E-state index in [0.29, 0.717) is 6.04 Å². The van der Waals surface area contributed by atoms with E-state index in [2.05, 4.69) is 27.5 Å². The Hall–Kier alpha value is -1.32. The van der Waals surface area contributed by atoms with Gasteiger partial charge in [0, 0.05) is 18.7 Å². The highest BCUT2D eigenvalue weighted by Gasteiger charge is 2.28. The Morgan fingerprint density at radius 2 is 1.81 bits per heavy atom. The topological polar surface area (TPSA) is 49.8 Å². The largest absolute Gasteiger partial charge is 0.373 e. The van der Waals surface area contributed by atoms with Crippen molar-refractivity contribution in [3.8, 4) is 0 Å². The fraction of sp³-hybridized carbons (Fsp3) is 0.667. The number of hydrogen-bond acceptors (Lipinski definition) is 4. The van der Waals surface area contributed by atoms with E-state index in [-0.39, 0.29) is 0 Å². The van der Waals surface area contributed by atoms with E-state index in [1.165, 1.54) is 12.8 Å². The molecule has 1 atom stereocenters. The second-order valence-electron chi connectivity index (χ2n) is 4.61. The molecule has 0 aliphatic heterocycles. The number of rotatable bonds is 4. The molecule has 0 bridgehead atoms. The van der Waals surface area contributed by atoms with Crippen LogP contribution < -0.4 is 10.6 Å². The quantitative estimate of drug-likeness (QED) is 0.817. The van der Waals surface area contributed by atoms with Crippen LogP contribution in [0.15, 0.2) is 0 Å². The van der Waals surface area contributed by atoms with E-state index in [0.717, 1.165) is 28.9 Å². The van der Waals surface area contributed by atoms with Crippen LogP contribution >= 0.6 is 0 Å². The molecule has 4 heteroatoms. The molecule has 1 saturated carbocycles. The van der Waals surface area contributed by atoms with Gasteiger partial charge in [0.15, 0.2) is 0 Å². The smallest absolute Gasteiger partial charge is 0.134 e. The number of nitrogens with zero attached hydrogens (tertiary/aromatic N) is 2. The Bertz CT molecular complexity index is 385. The summed E-state index contributed by atoms with van der Waals surface area (Å²) in [6, 6.07) is 0.512. The Balaban J connectivity index is 2.21. The van der Waals surface area contributed by atoms with Gasteiger partial charge in [-0.3, -0.25) is 0 Å². The van der Waals surface area contributed by atoms with E-state index < -0.39 is 0 Å². The highest BCUT2D eigenvalue weighted by molar-refractivity contribution is 5.57. The van der Waals surface area contributed by atoms with Crippen LogP contribution in [0.2, 0.25) is 0 Å². The Kier molecular flexibility index (Phi) is 2.99. The maximum absolute atomic E-state index is 4.47. The van der Waals surface area contributed by atoms with Gasteiger partial charge in [-0.1, -0.05) is 0 Å². The molecule has 1 aliphatic rings. The average Bonchev–Trinajstić information content (AvgIpc) is 3.06. The Labute approximate surface area is 96.9 Å². The van der Waals surface area contributed by atoms with E-state index >= 15 is 0 Å². The van der Waals surface area contributed by atoms with Crippen LogP contribution in [0.1, 0.15) is 31.2 Å². The van der Waals surface area contributed by atoms with Gasteiger partial charge in [-0.05, 0) is 39.5 Å². The molecule has 2 N–H and O–H groups in total. The summed E-state index contributed by atoms with van der Waals surface area (Å²) in [6.45, 7) is 6.20. The minimum Gasteiger partial charge on any atom is -0.373 e. The van der Waals surface area contributed by atoms with Crippen LogP contribution in [0, 0.1) is 19.8 Å². The predicted molar refractivity (Wildman–Crippen MR) is 66.9 cm³/mol. The summed E-state index contributed by atoms with van der Waals surface area (Å²) in [7, 11) is 1.89. The summed E-state index contributed by atoms with van der Waals surface area (Å²) < 4.78 is 0. The first-order chi connectivity index (χ1) is 7.61. The number of anilines is 2. The second kappa shape index (κ2) is 4.28. The Morgan fingerprint density at radius 1 is 1.19 bits per heavy atom. The lowest BCUT2D eigenvalue weighted by atomic mass is 10.2. The highest BCUT2D eigenvalue weighted by Crippen LogP contribution is 2.34. The summed E-state index contributed by atoms with van der Waals surface area (Å²) in [5.74, 6) is 3.52. The van der Waals surface area contributed by atoms with Gasteiger partial charge in [-0.15, -0.1) is 0 Å². The standard InChI is InChI=1S/C12H20N4/c1-7-11(13-4)15-9(3)16-12(7)14-8(2)10-5-6-10/h8,10H,5-6H2,1-4H3,(H2,13,14,15,16). The lowest BCUT2D eigenvalue weighted by molar-refractivity contribution is 0.688. The molecule has 0 radical (unpaired) electrons. The van der Waals surface area contributed by atoms with Crippen LogP contribution in [0.25, 0.3) is 0 Å². The number of nitrogens with one attached hydrogen (secondary N) is 2. The number of aromatic nitrogens is 2. The van der Waals surface area contributed by atoms with Gasteiger partial charge < -0.3 is 10.6 Å². The van der Waals surface area contributed by atoms with E-state index in [1.807, 2.05) is 20.9 Å². The van der Waals surface area contributed by atoms with E-state index in [4.69, 9.17) is 0 Å². The normalized spacial score (nSPS) is 17.0. The van der Waals surface area contributed by atoms with Crippen molar-refractivity contribution >= 4 is 11.6 Å². The highest BCUT2D eigenvalue weighted by atomic mass is 15.1. The molecular formula is C12H20N4. The molecule has 0 amide bonds. The van der Waals surface area contributed by atoms with E-state index in [1.54, 1.807) is 0 Å². The van der Waals surface area contributed by atoms with Crippen molar-refractivity contribution in [1.82, 2.24) is 9.97 Å². The van der Waals surface area contributed by atoms with Gasteiger partial charge in [-0.2, -0.15) is 0 Å².